The second-order valence-electron chi connectivity index (χ2n) is 3.64. The molecule has 90 valence electrons. The first kappa shape index (κ1) is 11.8. The van der Waals surface area contributed by atoms with E-state index in [1.54, 1.807) is 24.3 Å². The Hall–Kier alpha value is -2.69. The summed E-state index contributed by atoms with van der Waals surface area (Å²) in [5, 5.41) is 22.2. The summed E-state index contributed by atoms with van der Waals surface area (Å²) in [6, 6.07) is 14.5. The van der Waals surface area contributed by atoms with Gasteiger partial charge in [-0.1, -0.05) is 18.2 Å². The molecule has 0 aromatic heterocycles. The largest absolute Gasteiger partial charge is 0.618 e. The maximum Gasteiger partial charge on any atom is 0.269 e. The zero-order chi connectivity index (χ0) is 13.0. The monoisotopic (exact) mass is 242 g/mol. The summed E-state index contributed by atoms with van der Waals surface area (Å²) in [4.78, 5) is 10.0. The predicted octanol–water partition coefficient (Wildman–Crippen LogP) is 2.86. The van der Waals surface area contributed by atoms with Crippen molar-refractivity contribution in [2.24, 2.45) is 0 Å². The second-order valence-corrected chi connectivity index (χ2v) is 3.64. The van der Waals surface area contributed by atoms with Crippen LogP contribution in [-0.2, 0) is 0 Å². The van der Waals surface area contributed by atoms with E-state index in [1.807, 2.05) is 6.07 Å². The van der Waals surface area contributed by atoms with Crippen LogP contribution in [0.4, 0.5) is 11.4 Å². The first-order valence-corrected chi connectivity index (χ1v) is 5.27. The van der Waals surface area contributed by atoms with Gasteiger partial charge in [-0.2, -0.15) is 4.74 Å². The number of hydrogen-bond acceptors (Lipinski definition) is 3. The Morgan fingerprint density at radius 3 is 2.00 bits per heavy atom. The molecule has 2 aromatic carbocycles. The fourth-order valence-electron chi connectivity index (χ4n) is 1.47. The smallest absolute Gasteiger partial charge is 0.269 e. The van der Waals surface area contributed by atoms with Gasteiger partial charge in [-0.15, -0.1) is 0 Å². The molecule has 0 bridgehead atoms. The Kier molecular flexibility index (Phi) is 3.33. The van der Waals surface area contributed by atoms with Crippen molar-refractivity contribution in [2.75, 3.05) is 0 Å². The molecule has 0 aliphatic heterocycles. The normalized spacial score (nSPS) is 11.2. The van der Waals surface area contributed by atoms with Crippen LogP contribution in [0.25, 0.3) is 0 Å². The van der Waals surface area contributed by atoms with Gasteiger partial charge in [0.25, 0.3) is 5.69 Å². The molecule has 5 heteroatoms. The lowest BCUT2D eigenvalue weighted by atomic mass is 10.2. The van der Waals surface area contributed by atoms with Gasteiger partial charge >= 0.3 is 0 Å². The Labute approximate surface area is 103 Å². The van der Waals surface area contributed by atoms with Gasteiger partial charge in [-0.05, 0) is 12.1 Å². The van der Waals surface area contributed by atoms with Crippen molar-refractivity contribution in [2.45, 2.75) is 0 Å². The first-order valence-electron chi connectivity index (χ1n) is 5.27. The average molecular weight is 242 g/mol. The highest BCUT2D eigenvalue weighted by Gasteiger charge is 2.05. The number of nitrogens with zero attached hydrogens (tertiary/aromatic N) is 2. The Balaban J connectivity index is 2.25. The molecule has 0 atom stereocenters. The van der Waals surface area contributed by atoms with Crippen molar-refractivity contribution in [1.82, 2.24) is 0 Å². The summed E-state index contributed by atoms with van der Waals surface area (Å²) >= 11 is 0. The Morgan fingerprint density at radius 1 is 0.833 bits per heavy atom. The number of rotatable bonds is 3. The molecule has 0 aliphatic rings. The molecule has 0 spiro atoms. The van der Waals surface area contributed by atoms with E-state index in [-0.39, 0.29) is 5.69 Å². The highest BCUT2D eigenvalue weighted by atomic mass is 16.6. The van der Waals surface area contributed by atoms with Crippen LogP contribution in [0.3, 0.4) is 0 Å². The van der Waals surface area contributed by atoms with Crippen molar-refractivity contribution in [1.29, 1.82) is 0 Å². The van der Waals surface area contributed by atoms with Crippen molar-refractivity contribution >= 4 is 17.6 Å². The third-order valence-electron chi connectivity index (χ3n) is 2.38. The number of nitro groups is 1. The first-order chi connectivity index (χ1) is 8.66. The van der Waals surface area contributed by atoms with Gasteiger partial charge in [0.15, 0.2) is 6.21 Å². The van der Waals surface area contributed by atoms with Gasteiger partial charge in [0.2, 0.25) is 5.69 Å². The highest BCUT2D eigenvalue weighted by molar-refractivity contribution is 5.77. The fourth-order valence-corrected chi connectivity index (χ4v) is 1.47. The molecule has 0 saturated carbocycles. The summed E-state index contributed by atoms with van der Waals surface area (Å²) in [6.45, 7) is 0. The van der Waals surface area contributed by atoms with Gasteiger partial charge in [0, 0.05) is 29.8 Å². The van der Waals surface area contributed by atoms with Crippen LogP contribution in [0.1, 0.15) is 5.56 Å². The molecule has 2 aromatic rings. The van der Waals surface area contributed by atoms with Crippen LogP contribution in [0, 0.1) is 15.3 Å². The van der Waals surface area contributed by atoms with Crippen molar-refractivity contribution in [3.63, 3.8) is 0 Å². The SMILES string of the molecule is O=[N+]([O-])c1ccc(C=[N+]([O-])c2ccccc2)cc1. The molecule has 0 N–H and O–H groups in total. The summed E-state index contributed by atoms with van der Waals surface area (Å²) in [5.74, 6) is 0. The number of para-hydroxylation sites is 1. The third-order valence-corrected chi connectivity index (χ3v) is 2.38. The number of hydrogen-bond donors (Lipinski definition) is 0. The molecule has 18 heavy (non-hydrogen) atoms. The van der Waals surface area contributed by atoms with Gasteiger partial charge in [0.1, 0.15) is 0 Å². The average Bonchev–Trinajstić information content (AvgIpc) is 2.40. The predicted molar refractivity (Wildman–Crippen MR) is 68.0 cm³/mol. The van der Waals surface area contributed by atoms with Gasteiger partial charge in [-0.25, -0.2) is 0 Å². The second kappa shape index (κ2) is 5.09. The zero-order valence-corrected chi connectivity index (χ0v) is 9.39. The quantitative estimate of drug-likeness (QED) is 0.273. The third kappa shape index (κ3) is 2.70. The van der Waals surface area contributed by atoms with E-state index in [0.717, 1.165) is 4.74 Å². The molecule has 0 fully saturated rings. The lowest BCUT2D eigenvalue weighted by Crippen LogP contribution is -1.98. The summed E-state index contributed by atoms with van der Waals surface area (Å²) in [7, 11) is 0. The van der Waals surface area contributed by atoms with Gasteiger partial charge in [0.05, 0.1) is 4.92 Å². The molecule has 2 rings (SSSR count). The maximum absolute atomic E-state index is 11.8. The number of nitro benzene ring substituents is 1. The van der Waals surface area contributed by atoms with Gasteiger partial charge < -0.3 is 5.21 Å². The van der Waals surface area contributed by atoms with Crippen molar-refractivity contribution in [3.05, 3.63) is 75.5 Å². The molecule has 0 heterocycles. The fraction of sp³-hybridized carbons (Fsp3) is 0. The lowest BCUT2D eigenvalue weighted by molar-refractivity contribution is -0.384. The minimum absolute atomic E-state index is 0.00399. The zero-order valence-electron chi connectivity index (χ0n) is 9.39. The van der Waals surface area contributed by atoms with Crippen LogP contribution in [0.15, 0.2) is 54.6 Å². The van der Waals surface area contributed by atoms with Crippen LogP contribution in [0.2, 0.25) is 0 Å². The summed E-state index contributed by atoms with van der Waals surface area (Å²) in [5.41, 5.74) is 1.12. The summed E-state index contributed by atoms with van der Waals surface area (Å²) < 4.78 is 0.723. The van der Waals surface area contributed by atoms with E-state index in [9.17, 15) is 15.3 Å². The Morgan fingerprint density at radius 2 is 1.44 bits per heavy atom. The number of non-ortho nitro benzene ring substituents is 1. The van der Waals surface area contributed by atoms with E-state index in [0.29, 0.717) is 11.3 Å². The molecule has 5 nitrogen and oxygen atoms in total. The molecule has 0 unspecified atom stereocenters. The van der Waals surface area contributed by atoms with Crippen LogP contribution in [-0.4, -0.2) is 15.9 Å². The minimum Gasteiger partial charge on any atom is -0.618 e. The molecule has 0 aliphatic carbocycles. The molecule has 0 radical (unpaired) electrons. The standard InChI is InChI=1S/C13H10N2O3/c16-14(12-4-2-1-3-5-12)10-11-6-8-13(9-7-11)15(17)18/h1-10H. The topological polar surface area (TPSA) is 69.2 Å². The van der Waals surface area contributed by atoms with E-state index >= 15 is 0 Å². The van der Waals surface area contributed by atoms with Gasteiger partial charge in [-0.3, -0.25) is 10.1 Å². The Bertz CT molecular complexity index is 577. The molecule has 0 amide bonds. The lowest BCUT2D eigenvalue weighted by Gasteiger charge is -2.02. The van der Waals surface area contributed by atoms with Crippen LogP contribution < -0.4 is 0 Å². The molecule has 0 saturated heterocycles. The van der Waals surface area contributed by atoms with Crippen LogP contribution >= 0.6 is 0 Å². The molecular formula is C13H10N2O3. The van der Waals surface area contributed by atoms with E-state index in [1.165, 1.54) is 30.5 Å². The van der Waals surface area contributed by atoms with Crippen LogP contribution in [0.5, 0.6) is 0 Å². The minimum atomic E-state index is -0.476. The highest BCUT2D eigenvalue weighted by Crippen LogP contribution is 2.12. The van der Waals surface area contributed by atoms with E-state index in [4.69, 9.17) is 0 Å². The van der Waals surface area contributed by atoms with Crippen molar-refractivity contribution in [3.8, 4) is 0 Å². The summed E-state index contributed by atoms with van der Waals surface area (Å²) in [6.07, 6.45) is 1.37. The van der Waals surface area contributed by atoms with E-state index < -0.39 is 4.92 Å². The molecular weight excluding hydrogens is 232 g/mol. The van der Waals surface area contributed by atoms with Crippen molar-refractivity contribution < 1.29 is 9.66 Å². The van der Waals surface area contributed by atoms with E-state index in [2.05, 4.69) is 0 Å². The maximum atomic E-state index is 11.8. The number of benzene rings is 2.